The minimum Gasteiger partial charge on any atom is -0.370 e. The van der Waals surface area contributed by atoms with Crippen LogP contribution in [-0.2, 0) is 0 Å². The van der Waals surface area contributed by atoms with Gasteiger partial charge in [-0.25, -0.2) is 18.7 Å². The van der Waals surface area contributed by atoms with Gasteiger partial charge < -0.3 is 16.0 Å². The van der Waals surface area contributed by atoms with Gasteiger partial charge in [-0.3, -0.25) is 9.59 Å². The zero-order valence-corrected chi connectivity index (χ0v) is 22.5. The van der Waals surface area contributed by atoms with Crippen molar-refractivity contribution in [2.75, 3.05) is 18.4 Å². The van der Waals surface area contributed by atoms with Crippen molar-refractivity contribution < 1.29 is 31.5 Å². The summed E-state index contributed by atoms with van der Waals surface area (Å²) in [5.74, 6) is -0.869. The number of nitrogens with one attached hydrogen (secondary N) is 1. The molecule has 0 radical (unpaired) electrons. The lowest BCUT2D eigenvalue weighted by atomic mass is 10.0. The second-order valence-electron chi connectivity index (χ2n) is 9.13. The fourth-order valence-electron chi connectivity index (χ4n) is 3.56. The van der Waals surface area contributed by atoms with E-state index in [0.29, 0.717) is 18.9 Å². The molecule has 7 nitrogen and oxygen atoms in total. The third kappa shape index (κ3) is 9.48. The molecule has 0 aromatic carbocycles. The van der Waals surface area contributed by atoms with Gasteiger partial charge in [0.05, 0.1) is 4.88 Å². The molecule has 1 saturated heterocycles. The number of halogens is 5. The van der Waals surface area contributed by atoms with Crippen molar-refractivity contribution in [2.24, 2.45) is 5.73 Å². The molecule has 2 aromatic rings. The second kappa shape index (κ2) is 14.4. The van der Waals surface area contributed by atoms with Gasteiger partial charge in [-0.2, -0.15) is 13.2 Å². The van der Waals surface area contributed by atoms with Crippen LogP contribution in [0.2, 0.25) is 0 Å². The number of pyridine rings is 1. The van der Waals surface area contributed by atoms with Crippen molar-refractivity contribution in [3.8, 4) is 10.4 Å². The highest BCUT2D eigenvalue weighted by atomic mass is 32.1. The fourth-order valence-corrected chi connectivity index (χ4v) is 4.51. The van der Waals surface area contributed by atoms with E-state index >= 15 is 0 Å². The van der Waals surface area contributed by atoms with E-state index < -0.39 is 18.5 Å². The van der Waals surface area contributed by atoms with Gasteiger partial charge in [-0.15, -0.1) is 11.3 Å². The van der Waals surface area contributed by atoms with Gasteiger partial charge in [-0.05, 0) is 32.3 Å². The Morgan fingerprint density at radius 1 is 1.21 bits per heavy atom. The van der Waals surface area contributed by atoms with Gasteiger partial charge >= 0.3 is 6.18 Å². The molecule has 0 spiro atoms. The number of anilines is 1. The number of amides is 2. The Balaban J connectivity index is 0.000000479. The summed E-state index contributed by atoms with van der Waals surface area (Å²) in [5, 5.41) is 2.88. The number of aromatic nitrogens is 2. The maximum absolute atomic E-state index is 13.8. The quantitative estimate of drug-likeness (QED) is 0.360. The number of hydrogen-bond acceptors (Lipinski definition) is 6. The van der Waals surface area contributed by atoms with Crippen molar-refractivity contribution in [3.05, 3.63) is 28.5 Å². The van der Waals surface area contributed by atoms with Crippen LogP contribution in [0.4, 0.5) is 27.8 Å². The van der Waals surface area contributed by atoms with Gasteiger partial charge in [0.25, 0.3) is 18.2 Å². The van der Waals surface area contributed by atoms with Crippen LogP contribution in [0.3, 0.4) is 0 Å². The summed E-state index contributed by atoms with van der Waals surface area (Å²) in [6.07, 6.45) is 3.04. The van der Waals surface area contributed by atoms with Crippen LogP contribution in [0.1, 0.15) is 98.0 Å². The Labute approximate surface area is 223 Å². The number of rotatable bonds is 7. The number of alkyl halides is 5. The van der Waals surface area contributed by atoms with Crippen molar-refractivity contribution in [2.45, 2.75) is 84.4 Å². The third-order valence-corrected chi connectivity index (χ3v) is 6.93. The fraction of sp³-hybridized carbons (Fsp3) is 0.600. The van der Waals surface area contributed by atoms with E-state index in [1.165, 1.54) is 37.9 Å². The SMILES string of the molecule is C1CCC1.CC(F)(F)F.CCCNc1cc(C(F)F)c(-c2sc(C(N)=O)nc2C(=O)N2CCCC2C)cn1. The van der Waals surface area contributed by atoms with Crippen LogP contribution in [0.15, 0.2) is 12.3 Å². The minimum absolute atomic E-state index is 0.0161. The molecule has 2 fully saturated rings. The first-order valence-corrected chi connectivity index (χ1v) is 13.4. The Bertz CT molecular complexity index is 1060. The van der Waals surface area contributed by atoms with Crippen LogP contribution in [0.5, 0.6) is 0 Å². The lowest BCUT2D eigenvalue weighted by Gasteiger charge is -2.21. The maximum atomic E-state index is 13.8. The summed E-state index contributed by atoms with van der Waals surface area (Å²) >= 11 is 0.837. The number of carbonyl (C=O) groups excluding carboxylic acids is 2. The summed E-state index contributed by atoms with van der Waals surface area (Å²) < 4.78 is 58.7. The summed E-state index contributed by atoms with van der Waals surface area (Å²) in [6, 6.07) is 1.29. The summed E-state index contributed by atoms with van der Waals surface area (Å²) in [5.41, 5.74) is 5.12. The van der Waals surface area contributed by atoms with Crippen LogP contribution in [0.25, 0.3) is 10.4 Å². The molecule has 38 heavy (non-hydrogen) atoms. The molecule has 2 amide bonds. The van der Waals surface area contributed by atoms with Crippen LogP contribution in [0, 0.1) is 0 Å². The van der Waals surface area contributed by atoms with Gasteiger partial charge in [-0.1, -0.05) is 32.6 Å². The molecule has 2 aliphatic rings. The smallest absolute Gasteiger partial charge is 0.370 e. The first-order valence-electron chi connectivity index (χ1n) is 12.5. The Morgan fingerprint density at radius 2 is 1.82 bits per heavy atom. The maximum Gasteiger partial charge on any atom is 0.386 e. The van der Waals surface area contributed by atoms with Gasteiger partial charge in [0.1, 0.15) is 11.5 Å². The number of likely N-dealkylation sites (tertiary alicyclic amines) is 1. The average Bonchev–Trinajstić information content (AvgIpc) is 3.41. The first kappa shape index (κ1) is 31.4. The molecule has 3 heterocycles. The van der Waals surface area contributed by atoms with Gasteiger partial charge in [0.2, 0.25) is 0 Å². The van der Waals surface area contributed by atoms with E-state index in [9.17, 15) is 31.5 Å². The molecule has 2 aromatic heterocycles. The van der Waals surface area contributed by atoms with Crippen LogP contribution < -0.4 is 11.1 Å². The largest absolute Gasteiger partial charge is 0.386 e. The Kier molecular flexibility index (Phi) is 11.9. The van der Waals surface area contributed by atoms with Gasteiger partial charge in [0, 0.05) is 43.4 Å². The normalized spacial score (nSPS) is 16.7. The average molecular weight is 564 g/mol. The lowest BCUT2D eigenvalue weighted by Crippen LogP contribution is -2.34. The third-order valence-electron chi connectivity index (χ3n) is 5.83. The van der Waals surface area contributed by atoms with Crippen molar-refractivity contribution >= 4 is 29.0 Å². The zero-order chi connectivity index (χ0) is 28.5. The highest BCUT2D eigenvalue weighted by molar-refractivity contribution is 7.17. The molecule has 1 aliphatic heterocycles. The molecule has 3 N–H and O–H groups in total. The van der Waals surface area contributed by atoms with E-state index in [1.54, 1.807) is 4.90 Å². The van der Waals surface area contributed by atoms with Crippen molar-refractivity contribution in [3.63, 3.8) is 0 Å². The first-order chi connectivity index (χ1) is 17.8. The van der Waals surface area contributed by atoms with Crippen molar-refractivity contribution in [1.29, 1.82) is 0 Å². The molecule has 4 rings (SSSR count). The second-order valence-corrected chi connectivity index (χ2v) is 10.1. The lowest BCUT2D eigenvalue weighted by molar-refractivity contribution is -0.110. The van der Waals surface area contributed by atoms with Crippen LogP contribution >= 0.6 is 11.3 Å². The molecule has 13 heteroatoms. The van der Waals surface area contributed by atoms with Crippen molar-refractivity contribution in [1.82, 2.24) is 14.9 Å². The van der Waals surface area contributed by atoms with E-state index in [0.717, 1.165) is 30.6 Å². The number of nitrogens with two attached hydrogens (primary N) is 1. The number of thiazole rings is 1. The Morgan fingerprint density at radius 3 is 2.26 bits per heavy atom. The van der Waals surface area contributed by atoms with E-state index in [4.69, 9.17) is 5.73 Å². The van der Waals surface area contributed by atoms with E-state index in [-0.39, 0.29) is 45.6 Å². The molecule has 1 unspecified atom stereocenters. The standard InChI is InChI=1S/C19H23F2N5O2S.C4H8.C2H3F3/c1-3-6-23-13-8-11(16(20)21)12(9-24-13)15-14(25-18(29-15)17(22)27)19(28)26-7-4-5-10(26)2;1-2-4-3-1;1-2(3,4)5/h8-10,16H,3-7H2,1-2H3,(H2,22,27)(H,23,24);1-4H2;1H3. The molecule has 212 valence electrons. The zero-order valence-electron chi connectivity index (χ0n) is 21.7. The Hall–Kier alpha value is -2.83. The molecular weight excluding hydrogens is 529 g/mol. The highest BCUT2D eigenvalue weighted by Gasteiger charge is 2.32. The predicted octanol–water partition coefficient (Wildman–Crippen LogP) is 6.82. The minimum atomic E-state index is -4.00. The van der Waals surface area contributed by atoms with E-state index in [1.807, 2.05) is 13.8 Å². The molecular formula is C25H34F5N5O2S. The van der Waals surface area contributed by atoms with Gasteiger partial charge in [0.15, 0.2) is 5.01 Å². The number of carbonyl (C=O) groups is 2. The monoisotopic (exact) mass is 563 g/mol. The summed E-state index contributed by atoms with van der Waals surface area (Å²) in [7, 11) is 0. The number of hydrogen-bond donors (Lipinski definition) is 2. The highest BCUT2D eigenvalue weighted by Crippen LogP contribution is 2.38. The summed E-state index contributed by atoms with van der Waals surface area (Å²) in [4.78, 5) is 34.9. The van der Waals surface area contributed by atoms with E-state index in [2.05, 4.69) is 15.3 Å². The topological polar surface area (TPSA) is 101 Å². The predicted molar refractivity (Wildman–Crippen MR) is 138 cm³/mol. The summed E-state index contributed by atoms with van der Waals surface area (Å²) in [6.45, 7) is 5.22. The number of nitrogens with zero attached hydrogens (tertiary/aromatic N) is 3. The van der Waals surface area contributed by atoms with Crippen LogP contribution in [-0.4, -0.2) is 52.0 Å². The molecule has 0 bridgehead atoms. The molecule has 1 saturated carbocycles. The number of primary amides is 1. The molecule has 1 aliphatic carbocycles. The molecule has 1 atom stereocenters.